The van der Waals surface area contributed by atoms with Crippen LogP contribution in [-0.4, -0.2) is 48.0 Å². The first-order valence-corrected chi connectivity index (χ1v) is 5.79. The number of unbranched alkanes of at least 4 members (excludes halogenated alkanes) is 2. The monoisotopic (exact) mass is 240 g/mol. The van der Waals surface area contributed by atoms with Crippen molar-refractivity contribution in [3.63, 3.8) is 0 Å². The Kier molecular flexibility index (Phi) is 5.47. The second kappa shape index (κ2) is 6.89. The van der Waals surface area contributed by atoms with E-state index in [1.807, 2.05) is 0 Å². The largest absolute Gasteiger partial charge is 0.327 e. The van der Waals surface area contributed by atoms with E-state index in [2.05, 4.69) is 5.92 Å². The quantitative estimate of drug-likeness (QED) is 0.383. The molecule has 5 heteroatoms. The summed E-state index contributed by atoms with van der Waals surface area (Å²) in [5.41, 5.74) is 0. The Balaban J connectivity index is 2.37. The third kappa shape index (κ3) is 3.74. The van der Waals surface area contributed by atoms with Crippen molar-refractivity contribution in [1.29, 1.82) is 0 Å². The van der Waals surface area contributed by atoms with Gasteiger partial charge < -0.3 is 4.90 Å². The van der Waals surface area contributed by atoms with Gasteiger partial charge in [-0.15, -0.1) is 12.3 Å². The van der Waals surface area contributed by atoms with Crippen LogP contribution in [0.25, 0.3) is 0 Å². The van der Waals surface area contributed by atoms with E-state index in [4.69, 9.17) is 6.42 Å². The average molecular weight is 240 g/mol. The molecule has 3 amide bonds. The van der Waals surface area contributed by atoms with Crippen LogP contribution in [0.2, 0.25) is 0 Å². The van der Waals surface area contributed by atoms with Crippen LogP contribution < -0.4 is 0 Å². The summed E-state index contributed by atoms with van der Waals surface area (Å²) < 4.78 is 12.0. The Morgan fingerprint density at radius 1 is 1.24 bits per heavy atom. The van der Waals surface area contributed by atoms with Gasteiger partial charge in [-0.25, -0.2) is 4.79 Å². The second-order valence-corrected chi connectivity index (χ2v) is 3.95. The zero-order chi connectivity index (χ0) is 12.7. The van der Waals surface area contributed by atoms with Crippen LogP contribution in [-0.2, 0) is 4.79 Å². The summed E-state index contributed by atoms with van der Waals surface area (Å²) >= 11 is 0. The lowest BCUT2D eigenvalue weighted by molar-refractivity contribution is -0.125. The summed E-state index contributed by atoms with van der Waals surface area (Å²) in [6, 6.07) is -0.302. The molecule has 0 radical (unpaired) electrons. The molecular weight excluding hydrogens is 223 g/mol. The minimum absolute atomic E-state index is 0.0774. The molecule has 0 atom stereocenters. The molecule has 0 unspecified atom stereocenters. The fourth-order valence-corrected chi connectivity index (χ4v) is 1.74. The van der Waals surface area contributed by atoms with Crippen molar-refractivity contribution in [2.75, 3.05) is 26.3 Å². The molecule has 0 aromatic carbocycles. The summed E-state index contributed by atoms with van der Waals surface area (Å²) in [6.07, 6.45) is 7.57. The molecule has 0 aromatic rings. The van der Waals surface area contributed by atoms with Gasteiger partial charge in [0.1, 0.15) is 6.54 Å². The number of nitrogens with zero attached hydrogens (tertiary/aromatic N) is 2. The van der Waals surface area contributed by atoms with Gasteiger partial charge in [-0.2, -0.15) is 0 Å². The van der Waals surface area contributed by atoms with E-state index >= 15 is 0 Å². The predicted molar refractivity (Wildman–Crippen MR) is 62.0 cm³/mol. The number of halogens is 1. The number of carbonyl (C=O) groups excluding carboxylic acids is 2. The third-order valence-electron chi connectivity index (χ3n) is 2.64. The third-order valence-corrected chi connectivity index (χ3v) is 2.64. The highest BCUT2D eigenvalue weighted by molar-refractivity contribution is 6.01. The fourth-order valence-electron chi connectivity index (χ4n) is 1.74. The normalized spacial score (nSPS) is 15.5. The van der Waals surface area contributed by atoms with Gasteiger partial charge in [-0.1, -0.05) is 0 Å². The van der Waals surface area contributed by atoms with E-state index in [-0.39, 0.29) is 24.9 Å². The molecule has 0 saturated carbocycles. The van der Waals surface area contributed by atoms with E-state index in [0.29, 0.717) is 19.5 Å². The number of carbonyl (C=O) groups is 2. The van der Waals surface area contributed by atoms with Crippen LogP contribution >= 0.6 is 0 Å². The lowest BCUT2D eigenvalue weighted by Gasteiger charge is -2.16. The molecule has 1 aliphatic heterocycles. The zero-order valence-electron chi connectivity index (χ0n) is 9.82. The first-order valence-electron chi connectivity index (χ1n) is 5.79. The summed E-state index contributed by atoms with van der Waals surface area (Å²) in [5.74, 6) is 2.31. The van der Waals surface area contributed by atoms with Gasteiger partial charge in [0.25, 0.3) is 0 Å². The molecule has 0 aromatic heterocycles. The molecule has 1 fully saturated rings. The van der Waals surface area contributed by atoms with Crippen molar-refractivity contribution in [3.05, 3.63) is 0 Å². The van der Waals surface area contributed by atoms with Crippen LogP contribution in [0.4, 0.5) is 9.18 Å². The highest BCUT2D eigenvalue weighted by atomic mass is 19.1. The Morgan fingerprint density at radius 3 is 2.65 bits per heavy atom. The number of alkyl halides is 1. The van der Waals surface area contributed by atoms with Gasteiger partial charge in [0.05, 0.1) is 6.67 Å². The molecule has 1 saturated heterocycles. The summed E-state index contributed by atoms with van der Waals surface area (Å²) in [5, 5.41) is 0. The van der Waals surface area contributed by atoms with Crippen molar-refractivity contribution in [3.8, 4) is 12.3 Å². The maximum Gasteiger partial charge on any atom is 0.327 e. The summed E-state index contributed by atoms with van der Waals surface area (Å²) in [6.45, 7) is 0.321. The molecular formula is C12H17FN2O2. The Labute approximate surface area is 101 Å². The van der Waals surface area contributed by atoms with Crippen molar-refractivity contribution in [2.45, 2.75) is 25.7 Å². The van der Waals surface area contributed by atoms with Crippen molar-refractivity contribution in [1.82, 2.24) is 9.80 Å². The maximum atomic E-state index is 12.0. The van der Waals surface area contributed by atoms with Gasteiger partial charge in [0.15, 0.2) is 0 Å². The van der Waals surface area contributed by atoms with Crippen LogP contribution in [0.3, 0.4) is 0 Å². The van der Waals surface area contributed by atoms with E-state index < -0.39 is 6.67 Å². The SMILES string of the molecule is C#CCCCCN1C(=O)CN(CCCF)C1=O. The predicted octanol–water partition coefficient (Wildman–Crippen LogP) is 1.41. The first-order chi connectivity index (χ1) is 8.20. The number of hydrogen-bond acceptors (Lipinski definition) is 2. The lowest BCUT2D eigenvalue weighted by Crippen LogP contribution is -2.34. The van der Waals surface area contributed by atoms with Crippen LogP contribution in [0.1, 0.15) is 25.7 Å². The topological polar surface area (TPSA) is 40.6 Å². The molecule has 94 valence electrons. The molecule has 0 N–H and O–H groups in total. The van der Waals surface area contributed by atoms with Crippen molar-refractivity contribution >= 4 is 11.9 Å². The van der Waals surface area contributed by atoms with Crippen molar-refractivity contribution in [2.24, 2.45) is 0 Å². The molecule has 1 heterocycles. The van der Waals surface area contributed by atoms with Crippen LogP contribution in [0.5, 0.6) is 0 Å². The lowest BCUT2D eigenvalue weighted by atomic mass is 10.2. The molecule has 1 rings (SSSR count). The van der Waals surface area contributed by atoms with E-state index in [9.17, 15) is 14.0 Å². The van der Waals surface area contributed by atoms with E-state index in [0.717, 1.165) is 12.8 Å². The number of amides is 3. The molecule has 4 nitrogen and oxygen atoms in total. The maximum absolute atomic E-state index is 12.0. The smallest absolute Gasteiger partial charge is 0.315 e. The number of urea groups is 1. The van der Waals surface area contributed by atoms with Gasteiger partial charge in [-0.05, 0) is 19.3 Å². The Morgan fingerprint density at radius 2 is 2.00 bits per heavy atom. The van der Waals surface area contributed by atoms with Crippen LogP contribution in [0, 0.1) is 12.3 Å². The minimum Gasteiger partial charge on any atom is -0.315 e. The fraction of sp³-hybridized carbons (Fsp3) is 0.667. The summed E-state index contributed by atoms with van der Waals surface area (Å²) in [4.78, 5) is 25.9. The van der Waals surface area contributed by atoms with E-state index in [1.165, 1.54) is 9.80 Å². The van der Waals surface area contributed by atoms with Crippen molar-refractivity contribution < 1.29 is 14.0 Å². The summed E-state index contributed by atoms with van der Waals surface area (Å²) in [7, 11) is 0. The molecule has 0 aliphatic carbocycles. The Bertz CT molecular complexity index is 325. The minimum atomic E-state index is -0.472. The number of imide groups is 1. The second-order valence-electron chi connectivity index (χ2n) is 3.95. The Hall–Kier alpha value is -1.57. The first kappa shape index (κ1) is 13.5. The standard InChI is InChI=1S/C12H17FN2O2/c1-2-3-4-5-9-15-11(16)10-14(12(15)17)8-6-7-13/h1H,3-10H2. The van der Waals surface area contributed by atoms with Gasteiger partial charge in [0.2, 0.25) is 5.91 Å². The number of rotatable bonds is 7. The average Bonchev–Trinajstić information content (AvgIpc) is 2.58. The number of terminal acetylenes is 1. The van der Waals surface area contributed by atoms with Gasteiger partial charge >= 0.3 is 6.03 Å². The molecule has 0 spiro atoms. The molecule has 0 bridgehead atoms. The van der Waals surface area contributed by atoms with E-state index in [1.54, 1.807) is 0 Å². The zero-order valence-corrected chi connectivity index (χ0v) is 9.82. The highest BCUT2D eigenvalue weighted by Gasteiger charge is 2.34. The van der Waals surface area contributed by atoms with Crippen LogP contribution in [0.15, 0.2) is 0 Å². The number of hydrogen-bond donors (Lipinski definition) is 0. The van der Waals surface area contributed by atoms with Gasteiger partial charge in [0, 0.05) is 19.5 Å². The van der Waals surface area contributed by atoms with Gasteiger partial charge in [-0.3, -0.25) is 14.1 Å². The molecule has 17 heavy (non-hydrogen) atoms. The molecule has 1 aliphatic rings. The highest BCUT2D eigenvalue weighted by Crippen LogP contribution is 2.12.